The first-order valence-electron chi connectivity index (χ1n) is 6.93. The minimum atomic E-state index is -0.718. The number of hydrogen-bond acceptors (Lipinski definition) is 2. The van der Waals surface area contributed by atoms with Gasteiger partial charge in [0.1, 0.15) is 0 Å². The lowest BCUT2D eigenvalue weighted by Gasteiger charge is -2.28. The topological polar surface area (TPSA) is 59.3 Å². The van der Waals surface area contributed by atoms with Crippen LogP contribution in [-0.4, -0.2) is 15.6 Å². The van der Waals surface area contributed by atoms with E-state index in [9.17, 15) is 14.7 Å². The lowest BCUT2D eigenvalue weighted by atomic mass is 9.93. The predicted molar refractivity (Wildman–Crippen MR) is 73.4 cm³/mol. The average Bonchev–Trinajstić information content (AvgIpc) is 2.53. The van der Waals surface area contributed by atoms with Crippen molar-refractivity contribution in [2.45, 2.75) is 52.0 Å². The van der Waals surface area contributed by atoms with Gasteiger partial charge in [-0.3, -0.25) is 9.59 Å². The van der Waals surface area contributed by atoms with E-state index in [4.69, 9.17) is 0 Å². The summed E-state index contributed by atoms with van der Waals surface area (Å²) in [6, 6.07) is 3.16. The summed E-state index contributed by atoms with van der Waals surface area (Å²) >= 11 is 0. The number of aromatic nitrogens is 1. The van der Waals surface area contributed by atoms with Gasteiger partial charge in [0.2, 0.25) is 0 Å². The van der Waals surface area contributed by atoms with E-state index in [0.29, 0.717) is 0 Å². The summed E-state index contributed by atoms with van der Waals surface area (Å²) in [6.45, 7) is 3.77. The van der Waals surface area contributed by atoms with E-state index in [1.807, 2.05) is 18.4 Å². The predicted octanol–water partition coefficient (Wildman–Crippen LogP) is 2.67. The van der Waals surface area contributed by atoms with E-state index < -0.39 is 5.97 Å². The first kappa shape index (κ1) is 13.8. The number of hydrogen-bond donors (Lipinski definition) is 1. The molecule has 1 saturated carbocycles. The lowest BCUT2D eigenvalue weighted by Crippen LogP contribution is -2.29. The van der Waals surface area contributed by atoms with Gasteiger partial charge >= 0.3 is 5.97 Å². The van der Waals surface area contributed by atoms with Crippen molar-refractivity contribution in [1.29, 1.82) is 0 Å². The van der Waals surface area contributed by atoms with Gasteiger partial charge in [0.05, 0.1) is 5.92 Å². The summed E-state index contributed by atoms with van der Waals surface area (Å²) < 4.78 is 2.05. The Morgan fingerprint density at radius 1 is 1.16 bits per heavy atom. The minimum Gasteiger partial charge on any atom is -0.481 e. The number of pyridine rings is 1. The highest BCUT2D eigenvalue weighted by Gasteiger charge is 2.31. The molecular weight excluding hydrogens is 242 g/mol. The summed E-state index contributed by atoms with van der Waals surface area (Å²) in [5, 5.41) is 9.46. The van der Waals surface area contributed by atoms with Gasteiger partial charge in [-0.05, 0) is 26.7 Å². The molecule has 19 heavy (non-hydrogen) atoms. The minimum absolute atomic E-state index is 0.00764. The van der Waals surface area contributed by atoms with Crippen LogP contribution < -0.4 is 5.43 Å². The molecule has 0 amide bonds. The molecule has 104 valence electrons. The summed E-state index contributed by atoms with van der Waals surface area (Å²) in [6.07, 6.45) is 4.73. The Morgan fingerprint density at radius 3 is 2.32 bits per heavy atom. The maximum absolute atomic E-state index is 11.5. The van der Waals surface area contributed by atoms with Gasteiger partial charge in [-0.1, -0.05) is 19.3 Å². The maximum atomic E-state index is 11.5. The van der Waals surface area contributed by atoms with Crippen LogP contribution in [0.4, 0.5) is 0 Å². The Labute approximate surface area is 113 Å². The number of carboxylic acid groups (broad SMARTS) is 1. The van der Waals surface area contributed by atoms with E-state index in [-0.39, 0.29) is 17.4 Å². The molecule has 1 fully saturated rings. The smallest absolute Gasteiger partial charge is 0.308 e. The van der Waals surface area contributed by atoms with Crippen LogP contribution in [0.5, 0.6) is 0 Å². The molecule has 2 atom stereocenters. The highest BCUT2D eigenvalue weighted by Crippen LogP contribution is 2.34. The lowest BCUT2D eigenvalue weighted by molar-refractivity contribution is -0.143. The monoisotopic (exact) mass is 263 g/mol. The second kappa shape index (κ2) is 5.59. The number of carbonyl (C=O) groups is 1. The third-order valence-corrected chi connectivity index (χ3v) is 4.09. The van der Waals surface area contributed by atoms with Gasteiger partial charge in [-0.2, -0.15) is 0 Å². The Balaban J connectivity index is 2.47. The van der Waals surface area contributed by atoms with Crippen molar-refractivity contribution in [3.05, 3.63) is 33.7 Å². The largest absolute Gasteiger partial charge is 0.481 e. The van der Waals surface area contributed by atoms with E-state index in [1.54, 1.807) is 12.1 Å². The van der Waals surface area contributed by atoms with Crippen LogP contribution in [0.25, 0.3) is 0 Å². The first-order valence-corrected chi connectivity index (χ1v) is 6.93. The first-order chi connectivity index (χ1) is 9.00. The van der Waals surface area contributed by atoms with Crippen LogP contribution in [0.2, 0.25) is 0 Å². The number of carboxylic acids is 1. The van der Waals surface area contributed by atoms with E-state index in [2.05, 4.69) is 0 Å². The fourth-order valence-corrected chi connectivity index (χ4v) is 3.28. The van der Waals surface area contributed by atoms with Gasteiger partial charge < -0.3 is 9.67 Å². The normalized spacial score (nSPS) is 23.9. The highest BCUT2D eigenvalue weighted by atomic mass is 16.4. The van der Waals surface area contributed by atoms with Crippen LogP contribution in [0.15, 0.2) is 16.9 Å². The Kier molecular flexibility index (Phi) is 4.08. The fourth-order valence-electron chi connectivity index (χ4n) is 3.28. The van der Waals surface area contributed by atoms with Crippen LogP contribution in [0, 0.1) is 19.8 Å². The number of nitrogens with zero attached hydrogens (tertiary/aromatic N) is 1. The van der Waals surface area contributed by atoms with Gasteiger partial charge in [0, 0.05) is 29.6 Å². The second-order valence-electron chi connectivity index (χ2n) is 5.49. The van der Waals surface area contributed by atoms with Crippen molar-refractivity contribution in [3.63, 3.8) is 0 Å². The van der Waals surface area contributed by atoms with E-state index in [0.717, 1.165) is 43.5 Å². The van der Waals surface area contributed by atoms with Crippen molar-refractivity contribution >= 4 is 5.97 Å². The van der Waals surface area contributed by atoms with Crippen LogP contribution >= 0.6 is 0 Å². The molecule has 4 heteroatoms. The zero-order valence-electron chi connectivity index (χ0n) is 11.6. The van der Waals surface area contributed by atoms with Gasteiger partial charge in [0.25, 0.3) is 0 Å². The van der Waals surface area contributed by atoms with Crippen LogP contribution in [0.1, 0.15) is 49.5 Å². The Hall–Kier alpha value is -1.58. The average molecular weight is 263 g/mol. The molecule has 2 rings (SSSR count). The van der Waals surface area contributed by atoms with E-state index in [1.165, 1.54) is 0 Å². The Bertz CT molecular complexity index is 506. The van der Waals surface area contributed by atoms with Crippen molar-refractivity contribution in [2.75, 3.05) is 0 Å². The second-order valence-corrected chi connectivity index (χ2v) is 5.49. The van der Waals surface area contributed by atoms with Crippen molar-refractivity contribution < 1.29 is 9.90 Å². The SMILES string of the molecule is Cc1cc(=O)cc(C)n1C1CCCCCC1C(=O)O. The zero-order chi connectivity index (χ0) is 14.0. The summed E-state index contributed by atoms with van der Waals surface area (Å²) in [5.41, 5.74) is 1.72. The van der Waals surface area contributed by atoms with Crippen LogP contribution in [-0.2, 0) is 4.79 Å². The molecule has 1 N–H and O–H groups in total. The molecule has 1 aromatic rings. The molecular formula is C15H21NO3. The maximum Gasteiger partial charge on any atom is 0.308 e. The summed E-state index contributed by atoms with van der Waals surface area (Å²) in [7, 11) is 0. The molecule has 0 bridgehead atoms. The standard InChI is InChI=1S/C15H21NO3/c1-10-8-12(17)9-11(2)16(10)14-7-5-3-4-6-13(14)15(18)19/h8-9,13-14H,3-7H2,1-2H3,(H,18,19). The molecule has 0 radical (unpaired) electrons. The van der Waals surface area contributed by atoms with Gasteiger partial charge in [-0.25, -0.2) is 0 Å². The molecule has 1 aliphatic carbocycles. The molecule has 0 aliphatic heterocycles. The molecule has 2 unspecified atom stereocenters. The van der Waals surface area contributed by atoms with Crippen molar-refractivity contribution in [1.82, 2.24) is 4.57 Å². The van der Waals surface area contributed by atoms with Crippen molar-refractivity contribution in [2.24, 2.45) is 5.92 Å². The Morgan fingerprint density at radius 2 is 1.74 bits per heavy atom. The zero-order valence-corrected chi connectivity index (χ0v) is 11.6. The number of aliphatic carboxylic acids is 1. The molecule has 0 saturated heterocycles. The van der Waals surface area contributed by atoms with Crippen LogP contribution in [0.3, 0.4) is 0 Å². The molecule has 4 nitrogen and oxygen atoms in total. The molecule has 1 heterocycles. The highest BCUT2D eigenvalue weighted by molar-refractivity contribution is 5.70. The third kappa shape index (κ3) is 2.88. The quantitative estimate of drug-likeness (QED) is 0.834. The van der Waals surface area contributed by atoms with Gasteiger partial charge in [-0.15, -0.1) is 0 Å². The molecule has 0 aromatic carbocycles. The molecule has 1 aliphatic rings. The van der Waals surface area contributed by atoms with Gasteiger partial charge in [0.15, 0.2) is 5.43 Å². The summed E-state index contributed by atoms with van der Waals surface area (Å²) in [4.78, 5) is 23.0. The fraction of sp³-hybridized carbons (Fsp3) is 0.600. The van der Waals surface area contributed by atoms with E-state index >= 15 is 0 Å². The molecule has 1 aromatic heterocycles. The van der Waals surface area contributed by atoms with Crippen molar-refractivity contribution in [3.8, 4) is 0 Å². The number of rotatable bonds is 2. The molecule has 0 spiro atoms. The number of aryl methyl sites for hydroxylation is 2. The third-order valence-electron chi connectivity index (χ3n) is 4.09. The summed E-state index contributed by atoms with van der Waals surface area (Å²) in [5.74, 6) is -1.06.